The van der Waals surface area contributed by atoms with E-state index in [1.807, 2.05) is 6.92 Å². The summed E-state index contributed by atoms with van der Waals surface area (Å²) in [4.78, 5) is 10.3. The lowest BCUT2D eigenvalue weighted by Crippen LogP contribution is -2.31. The molecule has 19 heavy (non-hydrogen) atoms. The molecule has 0 heterocycles. The van der Waals surface area contributed by atoms with Gasteiger partial charge >= 0.3 is 0 Å². The summed E-state index contributed by atoms with van der Waals surface area (Å²) in [6.45, 7) is 3.38. The third kappa shape index (κ3) is 5.14. The van der Waals surface area contributed by atoms with Crippen molar-refractivity contribution in [2.75, 3.05) is 19.7 Å². The minimum Gasteiger partial charge on any atom is -0.489 e. The van der Waals surface area contributed by atoms with E-state index < -0.39 is 11.0 Å². The van der Waals surface area contributed by atoms with Gasteiger partial charge in [0.1, 0.15) is 22.9 Å². The first kappa shape index (κ1) is 15.9. The molecule has 0 saturated carbocycles. The van der Waals surface area contributed by atoms with Gasteiger partial charge in [-0.25, -0.2) is 0 Å². The zero-order chi connectivity index (χ0) is 14.3. The molecule has 1 atom stereocenters. The van der Waals surface area contributed by atoms with E-state index in [2.05, 4.69) is 21.2 Å². The standard InChI is InChI=1S/C12H17BrN2O4/c1-2-6-14-7-9(16)8-19-11-5-3-4-10(12(11)13)15(17)18/h3-5,9,14,16H,2,6-8H2,1H3. The Kier molecular flexibility index (Phi) is 6.75. The second-order valence-electron chi connectivity index (χ2n) is 4.02. The van der Waals surface area contributed by atoms with E-state index in [1.54, 1.807) is 12.1 Å². The van der Waals surface area contributed by atoms with Crippen molar-refractivity contribution in [2.45, 2.75) is 19.4 Å². The van der Waals surface area contributed by atoms with Crippen LogP contribution in [0.5, 0.6) is 5.75 Å². The number of aliphatic hydroxyl groups is 1. The average Bonchev–Trinajstić information content (AvgIpc) is 2.37. The zero-order valence-corrected chi connectivity index (χ0v) is 12.2. The molecule has 0 aromatic heterocycles. The summed E-state index contributed by atoms with van der Waals surface area (Å²) in [5.74, 6) is 0.351. The van der Waals surface area contributed by atoms with Crippen LogP contribution in [0.2, 0.25) is 0 Å². The average molecular weight is 333 g/mol. The highest BCUT2D eigenvalue weighted by molar-refractivity contribution is 9.10. The number of nitrogens with one attached hydrogen (secondary N) is 1. The molecule has 0 aliphatic rings. The quantitative estimate of drug-likeness (QED) is 0.432. The maximum absolute atomic E-state index is 10.7. The molecule has 0 aliphatic carbocycles. The Morgan fingerprint density at radius 3 is 2.95 bits per heavy atom. The monoisotopic (exact) mass is 332 g/mol. The van der Waals surface area contributed by atoms with Gasteiger partial charge in [0.05, 0.1) is 4.92 Å². The van der Waals surface area contributed by atoms with Crippen LogP contribution in [0.3, 0.4) is 0 Å². The number of nitrogens with zero attached hydrogens (tertiary/aromatic N) is 1. The number of hydrogen-bond acceptors (Lipinski definition) is 5. The van der Waals surface area contributed by atoms with Crippen molar-refractivity contribution in [1.29, 1.82) is 0 Å². The summed E-state index contributed by atoms with van der Waals surface area (Å²) in [6, 6.07) is 4.54. The first-order chi connectivity index (χ1) is 9.06. The summed E-state index contributed by atoms with van der Waals surface area (Å²) in [5, 5.41) is 23.5. The SMILES string of the molecule is CCCNCC(O)COc1cccc([N+](=O)[O-])c1Br. The van der Waals surface area contributed by atoms with E-state index in [4.69, 9.17) is 4.74 Å². The van der Waals surface area contributed by atoms with Gasteiger partial charge in [-0.3, -0.25) is 10.1 Å². The fourth-order valence-corrected chi connectivity index (χ4v) is 1.97. The molecule has 0 bridgehead atoms. The molecule has 0 radical (unpaired) electrons. The van der Waals surface area contributed by atoms with E-state index in [-0.39, 0.29) is 16.8 Å². The molecule has 6 nitrogen and oxygen atoms in total. The van der Waals surface area contributed by atoms with Crippen LogP contribution in [0.15, 0.2) is 22.7 Å². The van der Waals surface area contributed by atoms with Crippen LogP contribution in [-0.4, -0.2) is 35.8 Å². The molecule has 0 amide bonds. The number of ether oxygens (including phenoxy) is 1. The van der Waals surface area contributed by atoms with Crippen molar-refractivity contribution in [3.63, 3.8) is 0 Å². The van der Waals surface area contributed by atoms with Crippen molar-refractivity contribution < 1.29 is 14.8 Å². The lowest BCUT2D eigenvalue weighted by molar-refractivity contribution is -0.385. The van der Waals surface area contributed by atoms with Crippen LogP contribution in [0, 0.1) is 10.1 Å². The van der Waals surface area contributed by atoms with Crippen LogP contribution >= 0.6 is 15.9 Å². The van der Waals surface area contributed by atoms with Crippen LogP contribution < -0.4 is 10.1 Å². The Hall–Kier alpha value is -1.18. The number of aliphatic hydroxyl groups excluding tert-OH is 1. The van der Waals surface area contributed by atoms with Crippen LogP contribution in [0.1, 0.15) is 13.3 Å². The summed E-state index contributed by atoms with van der Waals surface area (Å²) in [5.41, 5.74) is -0.0592. The minimum atomic E-state index is -0.655. The van der Waals surface area contributed by atoms with E-state index in [9.17, 15) is 15.2 Å². The molecular formula is C12H17BrN2O4. The Bertz CT molecular complexity index is 428. The Balaban J connectivity index is 2.53. The summed E-state index contributed by atoms with van der Waals surface area (Å²) < 4.78 is 5.66. The van der Waals surface area contributed by atoms with E-state index >= 15 is 0 Å². The van der Waals surface area contributed by atoms with Crippen LogP contribution in [0.25, 0.3) is 0 Å². The normalized spacial score (nSPS) is 12.2. The van der Waals surface area contributed by atoms with Gasteiger partial charge in [0.25, 0.3) is 5.69 Å². The number of halogens is 1. The van der Waals surface area contributed by atoms with Crippen molar-refractivity contribution in [3.8, 4) is 5.75 Å². The molecule has 0 spiro atoms. The molecule has 7 heteroatoms. The predicted molar refractivity (Wildman–Crippen MR) is 75.5 cm³/mol. The van der Waals surface area contributed by atoms with Gasteiger partial charge in [0, 0.05) is 12.6 Å². The topological polar surface area (TPSA) is 84.6 Å². The van der Waals surface area contributed by atoms with Crippen molar-refractivity contribution in [3.05, 3.63) is 32.8 Å². The van der Waals surface area contributed by atoms with Gasteiger partial charge in [0.2, 0.25) is 0 Å². The lowest BCUT2D eigenvalue weighted by Gasteiger charge is -2.13. The molecule has 106 valence electrons. The smallest absolute Gasteiger partial charge is 0.287 e. The minimum absolute atomic E-state index is 0.0592. The van der Waals surface area contributed by atoms with Crippen LogP contribution in [0.4, 0.5) is 5.69 Å². The number of hydrogen-bond donors (Lipinski definition) is 2. The molecule has 0 aliphatic heterocycles. The number of rotatable bonds is 8. The fourth-order valence-electron chi connectivity index (χ4n) is 1.44. The molecule has 2 N–H and O–H groups in total. The third-order valence-corrected chi connectivity index (χ3v) is 3.17. The molecule has 1 aromatic carbocycles. The van der Waals surface area contributed by atoms with E-state index in [1.165, 1.54) is 6.07 Å². The molecule has 1 unspecified atom stereocenters. The van der Waals surface area contributed by atoms with Gasteiger partial charge in [-0.2, -0.15) is 0 Å². The van der Waals surface area contributed by atoms with Gasteiger partial charge in [-0.05, 0) is 35.0 Å². The molecule has 0 fully saturated rings. The highest BCUT2D eigenvalue weighted by Gasteiger charge is 2.16. The van der Waals surface area contributed by atoms with E-state index in [0.717, 1.165) is 13.0 Å². The second kappa shape index (κ2) is 8.08. The van der Waals surface area contributed by atoms with Crippen molar-refractivity contribution in [1.82, 2.24) is 5.32 Å². The van der Waals surface area contributed by atoms with Crippen LogP contribution in [-0.2, 0) is 0 Å². The van der Waals surface area contributed by atoms with Gasteiger partial charge in [0.15, 0.2) is 0 Å². The number of nitro groups is 1. The highest BCUT2D eigenvalue weighted by Crippen LogP contribution is 2.33. The molecule has 0 saturated heterocycles. The summed E-state index contributed by atoms with van der Waals surface area (Å²) >= 11 is 3.13. The van der Waals surface area contributed by atoms with E-state index in [0.29, 0.717) is 12.3 Å². The molecule has 1 aromatic rings. The van der Waals surface area contributed by atoms with Crippen molar-refractivity contribution in [2.24, 2.45) is 0 Å². The summed E-state index contributed by atoms with van der Waals surface area (Å²) in [6.07, 6.45) is 0.335. The van der Waals surface area contributed by atoms with Gasteiger partial charge in [-0.1, -0.05) is 13.0 Å². The Morgan fingerprint density at radius 1 is 1.58 bits per heavy atom. The zero-order valence-electron chi connectivity index (χ0n) is 10.6. The largest absolute Gasteiger partial charge is 0.489 e. The first-order valence-electron chi connectivity index (χ1n) is 6.00. The third-order valence-electron chi connectivity index (χ3n) is 2.38. The second-order valence-corrected chi connectivity index (χ2v) is 4.81. The molecular weight excluding hydrogens is 316 g/mol. The molecule has 1 rings (SSSR count). The predicted octanol–water partition coefficient (Wildman–Crippen LogP) is 2.10. The Morgan fingerprint density at radius 2 is 2.32 bits per heavy atom. The lowest BCUT2D eigenvalue weighted by atomic mass is 10.3. The fraction of sp³-hybridized carbons (Fsp3) is 0.500. The maximum Gasteiger partial charge on any atom is 0.287 e. The maximum atomic E-state index is 10.7. The Labute approximate surface area is 120 Å². The van der Waals surface area contributed by atoms with Gasteiger partial charge in [-0.15, -0.1) is 0 Å². The highest BCUT2D eigenvalue weighted by atomic mass is 79.9. The van der Waals surface area contributed by atoms with Crippen molar-refractivity contribution >= 4 is 21.6 Å². The first-order valence-corrected chi connectivity index (χ1v) is 6.80. The van der Waals surface area contributed by atoms with Gasteiger partial charge < -0.3 is 15.2 Å². The number of nitro benzene ring substituents is 1. The number of benzene rings is 1. The summed E-state index contributed by atoms with van der Waals surface area (Å²) in [7, 11) is 0.